The van der Waals surface area contributed by atoms with Crippen molar-refractivity contribution >= 4 is 21.4 Å². The molecule has 0 aromatic heterocycles. The van der Waals surface area contributed by atoms with Crippen molar-refractivity contribution in [3.8, 4) is 0 Å². The van der Waals surface area contributed by atoms with Crippen LogP contribution in [0.4, 0.5) is 0 Å². The quantitative estimate of drug-likeness (QED) is 0.654. The molecule has 4 heteroatoms. The number of halogens is 1. The smallest absolute Gasteiger partial charge is 0.147 e. The zero-order valence-corrected chi connectivity index (χ0v) is 9.50. The van der Waals surface area contributed by atoms with E-state index in [2.05, 4.69) is 0 Å². The zero-order valence-electron chi connectivity index (χ0n) is 7.93. The van der Waals surface area contributed by atoms with Gasteiger partial charge >= 0.3 is 0 Å². The molecule has 12 heavy (non-hydrogen) atoms. The molecule has 0 saturated carbocycles. The molecule has 0 fully saturated rings. The fourth-order valence-electron chi connectivity index (χ4n) is 1.33. The first-order valence-corrected chi connectivity index (χ1v) is 6.60. The number of alkyl halides is 1. The highest BCUT2D eigenvalue weighted by molar-refractivity contribution is 7.90. The molecule has 0 spiro atoms. The minimum atomic E-state index is -2.86. The van der Waals surface area contributed by atoms with Gasteiger partial charge in [-0.15, -0.1) is 11.6 Å². The highest BCUT2D eigenvalue weighted by Crippen LogP contribution is 2.24. The first kappa shape index (κ1) is 12.2. The van der Waals surface area contributed by atoms with Gasteiger partial charge in [0.25, 0.3) is 0 Å². The lowest BCUT2D eigenvalue weighted by Gasteiger charge is -2.22. The summed E-state index contributed by atoms with van der Waals surface area (Å²) < 4.78 is 22.0. The van der Waals surface area contributed by atoms with Gasteiger partial charge in [0.15, 0.2) is 0 Å². The number of hydrogen-bond donors (Lipinski definition) is 0. The summed E-state index contributed by atoms with van der Waals surface area (Å²) in [6, 6.07) is 0. The average Bonchev–Trinajstić information content (AvgIpc) is 1.78. The molecule has 0 radical (unpaired) electrons. The van der Waals surface area contributed by atoms with Gasteiger partial charge in [-0.3, -0.25) is 0 Å². The fourth-order valence-corrected chi connectivity index (χ4v) is 3.02. The Labute approximate surface area is 80.2 Å². The van der Waals surface area contributed by atoms with Crippen LogP contribution in [0.5, 0.6) is 0 Å². The highest BCUT2D eigenvalue weighted by atomic mass is 35.5. The Balaban J connectivity index is 4.04. The van der Waals surface area contributed by atoms with Gasteiger partial charge in [-0.2, -0.15) is 0 Å². The molecule has 0 aromatic carbocycles. The molecule has 0 unspecified atom stereocenters. The number of rotatable bonds is 5. The lowest BCUT2D eigenvalue weighted by Crippen LogP contribution is -2.23. The van der Waals surface area contributed by atoms with E-state index in [9.17, 15) is 8.42 Å². The molecule has 0 saturated heterocycles. The van der Waals surface area contributed by atoms with Crippen molar-refractivity contribution in [3.63, 3.8) is 0 Å². The van der Waals surface area contributed by atoms with E-state index in [1.165, 1.54) is 6.26 Å². The second-order valence-electron chi connectivity index (χ2n) is 4.03. The summed E-state index contributed by atoms with van der Waals surface area (Å²) in [4.78, 5) is 0. The SMILES string of the molecule is CC(C)(CCCCl)CS(C)(=O)=O. The highest BCUT2D eigenvalue weighted by Gasteiger charge is 2.22. The van der Waals surface area contributed by atoms with Gasteiger partial charge in [-0.25, -0.2) is 8.42 Å². The predicted molar refractivity (Wildman–Crippen MR) is 53.4 cm³/mol. The van der Waals surface area contributed by atoms with Gasteiger partial charge in [0.05, 0.1) is 5.75 Å². The summed E-state index contributed by atoms with van der Waals surface area (Å²) in [6.45, 7) is 3.92. The van der Waals surface area contributed by atoms with Crippen LogP contribution in [0.15, 0.2) is 0 Å². The van der Waals surface area contributed by atoms with Gasteiger partial charge in [0, 0.05) is 12.1 Å². The molecule has 0 heterocycles. The molecule has 0 N–H and O–H groups in total. The van der Waals surface area contributed by atoms with E-state index in [1.54, 1.807) is 0 Å². The summed E-state index contributed by atoms with van der Waals surface area (Å²) >= 11 is 5.53. The van der Waals surface area contributed by atoms with Crippen molar-refractivity contribution in [1.82, 2.24) is 0 Å². The van der Waals surface area contributed by atoms with Crippen LogP contribution in [0.3, 0.4) is 0 Å². The number of sulfone groups is 1. The maximum atomic E-state index is 11.0. The standard InChI is InChI=1S/C8H17ClO2S/c1-8(2,5-4-6-9)7-12(3,10)11/h4-7H2,1-3H3. The van der Waals surface area contributed by atoms with Gasteiger partial charge in [0.2, 0.25) is 0 Å². The van der Waals surface area contributed by atoms with E-state index in [0.29, 0.717) is 5.88 Å². The Morgan fingerprint density at radius 2 is 1.83 bits per heavy atom. The molecule has 0 aromatic rings. The summed E-state index contributed by atoms with van der Waals surface area (Å²) in [6.07, 6.45) is 3.02. The van der Waals surface area contributed by atoms with Gasteiger partial charge in [-0.1, -0.05) is 13.8 Å². The van der Waals surface area contributed by atoms with Crippen LogP contribution >= 0.6 is 11.6 Å². The van der Waals surface area contributed by atoms with E-state index in [4.69, 9.17) is 11.6 Å². The predicted octanol–water partition coefficient (Wildman–Crippen LogP) is 2.08. The first-order chi connectivity index (χ1) is 5.27. The van der Waals surface area contributed by atoms with E-state index in [-0.39, 0.29) is 11.2 Å². The van der Waals surface area contributed by atoms with Crippen LogP contribution in [0, 0.1) is 5.41 Å². The van der Waals surface area contributed by atoms with E-state index in [0.717, 1.165) is 12.8 Å². The third kappa shape index (κ3) is 6.92. The Bertz CT molecular complexity index is 219. The average molecular weight is 213 g/mol. The van der Waals surface area contributed by atoms with Crippen molar-refractivity contribution in [1.29, 1.82) is 0 Å². The Morgan fingerprint density at radius 3 is 2.17 bits per heavy atom. The Kier molecular flexibility index (Phi) is 4.56. The van der Waals surface area contributed by atoms with Crippen LogP contribution < -0.4 is 0 Å². The molecular formula is C8H17ClO2S. The van der Waals surface area contributed by atoms with Crippen molar-refractivity contribution in [2.75, 3.05) is 17.9 Å². The molecule has 2 nitrogen and oxygen atoms in total. The minimum absolute atomic E-state index is 0.136. The topological polar surface area (TPSA) is 34.1 Å². The molecule has 0 atom stereocenters. The fraction of sp³-hybridized carbons (Fsp3) is 1.00. The molecule has 0 amide bonds. The van der Waals surface area contributed by atoms with Crippen molar-refractivity contribution < 1.29 is 8.42 Å². The number of hydrogen-bond acceptors (Lipinski definition) is 2. The largest absolute Gasteiger partial charge is 0.229 e. The van der Waals surface area contributed by atoms with Crippen molar-refractivity contribution in [2.24, 2.45) is 5.41 Å². The maximum absolute atomic E-state index is 11.0. The molecular weight excluding hydrogens is 196 g/mol. The summed E-state index contributed by atoms with van der Waals surface area (Å²) in [5.74, 6) is 0.851. The summed E-state index contributed by atoms with van der Waals surface area (Å²) in [7, 11) is -2.86. The molecule has 0 rings (SSSR count). The monoisotopic (exact) mass is 212 g/mol. The van der Waals surface area contributed by atoms with Gasteiger partial charge in [0.1, 0.15) is 9.84 Å². The van der Waals surface area contributed by atoms with E-state index in [1.807, 2.05) is 13.8 Å². The Hall–Kier alpha value is 0.240. The third-order valence-electron chi connectivity index (χ3n) is 1.64. The maximum Gasteiger partial charge on any atom is 0.147 e. The molecule has 74 valence electrons. The summed E-state index contributed by atoms with van der Waals surface area (Å²) in [5.41, 5.74) is -0.136. The zero-order chi connectivity index (χ0) is 9.83. The molecule has 0 aliphatic heterocycles. The molecule has 0 bridgehead atoms. The minimum Gasteiger partial charge on any atom is -0.229 e. The van der Waals surface area contributed by atoms with Gasteiger partial charge < -0.3 is 0 Å². The van der Waals surface area contributed by atoms with Crippen molar-refractivity contribution in [3.05, 3.63) is 0 Å². The molecule has 0 aliphatic rings. The van der Waals surface area contributed by atoms with E-state index < -0.39 is 9.84 Å². The summed E-state index contributed by atoms with van der Waals surface area (Å²) in [5, 5.41) is 0. The molecule has 0 aliphatic carbocycles. The third-order valence-corrected chi connectivity index (χ3v) is 3.21. The Morgan fingerprint density at radius 1 is 1.33 bits per heavy atom. The van der Waals surface area contributed by atoms with Crippen LogP contribution in [-0.4, -0.2) is 26.3 Å². The lowest BCUT2D eigenvalue weighted by atomic mass is 9.91. The normalized spacial score (nSPS) is 13.3. The van der Waals surface area contributed by atoms with Crippen LogP contribution in [0.25, 0.3) is 0 Å². The second-order valence-corrected chi connectivity index (χ2v) is 6.54. The van der Waals surface area contributed by atoms with Gasteiger partial charge in [-0.05, 0) is 18.3 Å². The lowest BCUT2D eigenvalue weighted by molar-refractivity contribution is 0.375. The van der Waals surface area contributed by atoms with Crippen molar-refractivity contribution in [2.45, 2.75) is 26.7 Å². The van der Waals surface area contributed by atoms with E-state index >= 15 is 0 Å². The second kappa shape index (κ2) is 4.47. The van der Waals surface area contributed by atoms with Crippen LogP contribution in [0.2, 0.25) is 0 Å². The van der Waals surface area contributed by atoms with Crippen LogP contribution in [0.1, 0.15) is 26.7 Å². The van der Waals surface area contributed by atoms with Crippen LogP contribution in [-0.2, 0) is 9.84 Å². The first-order valence-electron chi connectivity index (χ1n) is 4.00.